The molecule has 1 amide bonds. The average Bonchev–Trinajstić information content (AvgIpc) is 2.55. The number of likely N-dealkylation sites (tertiary alicyclic amines) is 1. The van der Waals surface area contributed by atoms with Crippen LogP contribution in [0.3, 0.4) is 0 Å². The molecule has 6 nitrogen and oxygen atoms in total. The molecule has 0 spiro atoms. The average molecular weight is 333 g/mol. The highest BCUT2D eigenvalue weighted by Crippen LogP contribution is 2.40. The van der Waals surface area contributed by atoms with Crippen molar-refractivity contribution in [1.29, 1.82) is 0 Å². The first-order chi connectivity index (χ1) is 11.4. The van der Waals surface area contributed by atoms with Crippen LogP contribution in [0.1, 0.15) is 38.7 Å². The molecular weight excluding hydrogens is 310 g/mol. The number of carbonyl (C=O) groups is 3. The molecule has 24 heavy (non-hydrogen) atoms. The third kappa shape index (κ3) is 3.75. The number of esters is 1. The van der Waals surface area contributed by atoms with Crippen molar-refractivity contribution in [2.45, 2.75) is 38.6 Å². The topological polar surface area (TPSA) is 83.9 Å². The lowest BCUT2D eigenvalue weighted by Gasteiger charge is -2.46. The molecule has 0 bridgehead atoms. The summed E-state index contributed by atoms with van der Waals surface area (Å²) in [6, 6.07) is 9.31. The van der Waals surface area contributed by atoms with E-state index in [1.54, 1.807) is 6.92 Å². The van der Waals surface area contributed by atoms with E-state index in [4.69, 9.17) is 4.74 Å². The van der Waals surface area contributed by atoms with Gasteiger partial charge in [0.2, 0.25) is 0 Å². The van der Waals surface area contributed by atoms with E-state index in [0.717, 1.165) is 5.56 Å². The zero-order chi connectivity index (χ0) is 17.7. The fourth-order valence-corrected chi connectivity index (χ4v) is 3.37. The van der Waals surface area contributed by atoms with Crippen molar-refractivity contribution in [1.82, 2.24) is 4.90 Å². The Morgan fingerprint density at radius 2 is 1.96 bits per heavy atom. The van der Waals surface area contributed by atoms with Crippen molar-refractivity contribution >= 4 is 17.8 Å². The minimum Gasteiger partial charge on any atom is -0.466 e. The van der Waals surface area contributed by atoms with E-state index in [2.05, 4.69) is 0 Å². The number of ketones is 1. The lowest BCUT2D eigenvalue weighted by molar-refractivity contribution is -0.147. The van der Waals surface area contributed by atoms with Gasteiger partial charge in [0, 0.05) is 12.5 Å². The maximum absolute atomic E-state index is 12.4. The number of piperidine rings is 1. The van der Waals surface area contributed by atoms with Crippen molar-refractivity contribution in [3.63, 3.8) is 0 Å². The summed E-state index contributed by atoms with van der Waals surface area (Å²) in [6.07, 6.45) is -0.469. The molecule has 1 saturated heterocycles. The molecule has 2 atom stereocenters. The fraction of sp³-hybridized carbons (Fsp3) is 0.500. The summed E-state index contributed by atoms with van der Waals surface area (Å²) in [6.45, 7) is 4.03. The normalized spacial score (nSPS) is 23.6. The van der Waals surface area contributed by atoms with Gasteiger partial charge < -0.3 is 9.84 Å². The van der Waals surface area contributed by atoms with Gasteiger partial charge in [-0.3, -0.25) is 14.5 Å². The summed E-state index contributed by atoms with van der Waals surface area (Å²) in [5.41, 5.74) is 0.0568. The van der Waals surface area contributed by atoms with Crippen molar-refractivity contribution in [2.75, 3.05) is 13.2 Å². The molecule has 2 rings (SSSR count). The zero-order valence-electron chi connectivity index (χ0n) is 14.0. The number of amides is 1. The Labute approximate surface area is 141 Å². The van der Waals surface area contributed by atoms with Crippen LogP contribution in [0.2, 0.25) is 0 Å². The Morgan fingerprint density at radius 3 is 2.54 bits per heavy atom. The second-order valence-electron chi connectivity index (χ2n) is 6.21. The van der Waals surface area contributed by atoms with E-state index >= 15 is 0 Å². The van der Waals surface area contributed by atoms with Gasteiger partial charge in [-0.1, -0.05) is 30.3 Å². The Morgan fingerprint density at radius 1 is 1.29 bits per heavy atom. The van der Waals surface area contributed by atoms with Crippen molar-refractivity contribution < 1.29 is 24.2 Å². The molecule has 6 heteroatoms. The summed E-state index contributed by atoms with van der Waals surface area (Å²) in [4.78, 5) is 37.0. The SMILES string of the molecule is CCOC(=O)CC(=O)[C@H]1CCN(C(=O)O)[C@](C)(c2ccccc2)C1. The van der Waals surface area contributed by atoms with Crippen molar-refractivity contribution in [3.8, 4) is 0 Å². The smallest absolute Gasteiger partial charge is 0.408 e. The van der Waals surface area contributed by atoms with Gasteiger partial charge in [0.05, 0.1) is 12.1 Å². The number of nitrogens with zero attached hydrogens (tertiary/aromatic N) is 1. The van der Waals surface area contributed by atoms with Gasteiger partial charge in [-0.05, 0) is 32.3 Å². The molecule has 130 valence electrons. The van der Waals surface area contributed by atoms with E-state index in [9.17, 15) is 19.5 Å². The monoisotopic (exact) mass is 333 g/mol. The number of rotatable bonds is 5. The standard InChI is InChI=1S/C18H23NO5/c1-3-24-16(21)11-15(20)13-9-10-19(17(22)23)18(2,12-13)14-7-5-4-6-8-14/h4-8,13H,3,9-12H2,1-2H3,(H,22,23)/t13-,18-/m0/s1. The third-order valence-corrected chi connectivity index (χ3v) is 4.65. The summed E-state index contributed by atoms with van der Waals surface area (Å²) < 4.78 is 4.84. The minimum atomic E-state index is -1.00. The van der Waals surface area contributed by atoms with Gasteiger partial charge in [-0.15, -0.1) is 0 Å². The Hall–Kier alpha value is -2.37. The van der Waals surface area contributed by atoms with Crippen LogP contribution in [0, 0.1) is 5.92 Å². The van der Waals surface area contributed by atoms with Gasteiger partial charge in [-0.2, -0.15) is 0 Å². The molecular formula is C18H23NO5. The summed E-state index contributed by atoms with van der Waals surface area (Å²) >= 11 is 0. The molecule has 0 aliphatic carbocycles. The van der Waals surface area contributed by atoms with Gasteiger partial charge in [0.25, 0.3) is 0 Å². The number of Topliss-reactive ketones (excluding diaryl/α,β-unsaturated/α-hetero) is 1. The summed E-state index contributed by atoms with van der Waals surface area (Å²) in [5, 5.41) is 9.54. The van der Waals surface area contributed by atoms with Crippen LogP contribution < -0.4 is 0 Å². The highest BCUT2D eigenvalue weighted by Gasteiger charge is 2.44. The first-order valence-corrected chi connectivity index (χ1v) is 8.13. The largest absolute Gasteiger partial charge is 0.466 e. The van der Waals surface area contributed by atoms with E-state index in [-0.39, 0.29) is 31.3 Å². The van der Waals surface area contributed by atoms with Crippen LogP contribution in [0.25, 0.3) is 0 Å². The molecule has 1 aliphatic rings. The Bertz CT molecular complexity index is 615. The maximum atomic E-state index is 12.4. The van der Waals surface area contributed by atoms with E-state index in [1.165, 1.54) is 4.90 Å². The van der Waals surface area contributed by atoms with E-state index < -0.39 is 17.6 Å². The number of hydrogen-bond acceptors (Lipinski definition) is 4. The zero-order valence-corrected chi connectivity index (χ0v) is 14.0. The van der Waals surface area contributed by atoms with Crippen LogP contribution in [0.5, 0.6) is 0 Å². The number of benzene rings is 1. The number of ether oxygens (including phenoxy) is 1. The summed E-state index contributed by atoms with van der Waals surface area (Å²) in [7, 11) is 0. The van der Waals surface area contributed by atoms with Crippen molar-refractivity contribution in [2.24, 2.45) is 5.92 Å². The van der Waals surface area contributed by atoms with E-state index in [1.807, 2.05) is 37.3 Å². The Kier molecular flexibility index (Phi) is 5.59. The lowest BCUT2D eigenvalue weighted by Crippen LogP contribution is -2.53. The van der Waals surface area contributed by atoms with Crippen LogP contribution in [0.4, 0.5) is 4.79 Å². The maximum Gasteiger partial charge on any atom is 0.408 e. The molecule has 1 aliphatic heterocycles. The van der Waals surface area contributed by atoms with Crippen LogP contribution >= 0.6 is 0 Å². The van der Waals surface area contributed by atoms with Gasteiger partial charge in [-0.25, -0.2) is 4.79 Å². The predicted octanol–water partition coefficient (Wildman–Crippen LogP) is 2.81. The lowest BCUT2D eigenvalue weighted by atomic mass is 9.75. The molecule has 1 fully saturated rings. The third-order valence-electron chi connectivity index (χ3n) is 4.65. The fourth-order valence-electron chi connectivity index (χ4n) is 3.37. The van der Waals surface area contributed by atoms with Gasteiger partial charge >= 0.3 is 12.1 Å². The minimum absolute atomic E-state index is 0.180. The first kappa shape index (κ1) is 18.0. The van der Waals surface area contributed by atoms with Gasteiger partial charge in [0.1, 0.15) is 12.2 Å². The Balaban J connectivity index is 2.21. The van der Waals surface area contributed by atoms with Crippen LogP contribution in [0.15, 0.2) is 30.3 Å². The first-order valence-electron chi connectivity index (χ1n) is 8.13. The predicted molar refractivity (Wildman–Crippen MR) is 87.5 cm³/mol. The molecule has 1 aromatic rings. The van der Waals surface area contributed by atoms with Gasteiger partial charge in [0.15, 0.2) is 0 Å². The second-order valence-corrected chi connectivity index (χ2v) is 6.21. The number of carbonyl (C=O) groups excluding carboxylic acids is 2. The molecule has 1 N–H and O–H groups in total. The van der Waals surface area contributed by atoms with Crippen LogP contribution in [-0.4, -0.2) is 41.0 Å². The molecule has 1 aromatic carbocycles. The molecule has 1 heterocycles. The highest BCUT2D eigenvalue weighted by molar-refractivity contribution is 5.97. The van der Waals surface area contributed by atoms with Crippen LogP contribution in [-0.2, 0) is 19.9 Å². The quantitative estimate of drug-likeness (QED) is 0.661. The molecule has 0 radical (unpaired) electrons. The molecule has 0 aromatic heterocycles. The highest BCUT2D eigenvalue weighted by atomic mass is 16.5. The summed E-state index contributed by atoms with van der Waals surface area (Å²) in [5.74, 6) is -1.06. The second kappa shape index (κ2) is 7.47. The van der Waals surface area contributed by atoms with Crippen molar-refractivity contribution in [3.05, 3.63) is 35.9 Å². The van der Waals surface area contributed by atoms with E-state index in [0.29, 0.717) is 12.8 Å². The number of carboxylic acid groups (broad SMARTS) is 1. The molecule has 0 saturated carbocycles. The number of hydrogen-bond donors (Lipinski definition) is 1. The molecule has 0 unspecified atom stereocenters.